The topological polar surface area (TPSA) is 130 Å². The lowest BCUT2D eigenvalue weighted by atomic mass is 10.1. The second-order valence-corrected chi connectivity index (χ2v) is 10.4. The Morgan fingerprint density at radius 2 is 1.74 bits per heavy atom. The maximum absolute atomic E-state index is 13.5. The van der Waals surface area contributed by atoms with E-state index >= 15 is 0 Å². The van der Waals surface area contributed by atoms with Gasteiger partial charge in [0.05, 0.1) is 16.9 Å². The molecule has 0 heterocycles. The first-order chi connectivity index (χ1) is 16.3. The third-order valence-corrected chi connectivity index (χ3v) is 6.84. The van der Waals surface area contributed by atoms with E-state index < -0.39 is 33.4 Å². The van der Waals surface area contributed by atoms with E-state index in [2.05, 4.69) is 5.32 Å². The number of sulfonamides is 1. The van der Waals surface area contributed by atoms with E-state index in [4.69, 9.17) is 0 Å². The third kappa shape index (κ3) is 7.51. The van der Waals surface area contributed by atoms with E-state index in [1.165, 1.54) is 17.0 Å². The van der Waals surface area contributed by atoms with Gasteiger partial charge >= 0.3 is 0 Å². The van der Waals surface area contributed by atoms with Gasteiger partial charge in [-0.25, -0.2) is 8.42 Å². The third-order valence-electron chi connectivity index (χ3n) is 5.72. The van der Waals surface area contributed by atoms with Crippen LogP contribution in [0.5, 0.6) is 0 Å². The van der Waals surface area contributed by atoms with E-state index in [1.54, 1.807) is 38.1 Å². The molecule has 2 aromatic carbocycles. The van der Waals surface area contributed by atoms with Crippen LogP contribution in [-0.2, 0) is 26.2 Å². The van der Waals surface area contributed by atoms with Gasteiger partial charge in [-0.1, -0.05) is 43.3 Å². The van der Waals surface area contributed by atoms with Gasteiger partial charge in [-0.05, 0) is 38.3 Å². The summed E-state index contributed by atoms with van der Waals surface area (Å²) in [6.07, 6.45) is 1.64. The molecule has 190 valence electrons. The van der Waals surface area contributed by atoms with Gasteiger partial charge in [0.2, 0.25) is 21.8 Å². The molecular weight excluding hydrogens is 472 g/mol. The zero-order valence-corrected chi connectivity index (χ0v) is 21.4. The van der Waals surface area contributed by atoms with Crippen molar-refractivity contribution in [2.75, 3.05) is 17.1 Å². The summed E-state index contributed by atoms with van der Waals surface area (Å²) < 4.78 is 26.2. The number of nitro benzene ring substituents is 1. The number of non-ortho nitro benzene ring substituents is 1. The van der Waals surface area contributed by atoms with Crippen molar-refractivity contribution in [2.24, 2.45) is 0 Å². The van der Waals surface area contributed by atoms with Crippen LogP contribution in [0.25, 0.3) is 0 Å². The molecule has 2 atom stereocenters. The number of benzene rings is 2. The molecule has 0 aromatic heterocycles. The van der Waals surface area contributed by atoms with Crippen LogP contribution in [0.4, 0.5) is 11.4 Å². The number of hydrogen-bond donors (Lipinski definition) is 1. The van der Waals surface area contributed by atoms with Gasteiger partial charge in [-0.15, -0.1) is 0 Å². The fourth-order valence-electron chi connectivity index (χ4n) is 3.40. The molecule has 0 aliphatic carbocycles. The van der Waals surface area contributed by atoms with Crippen molar-refractivity contribution in [3.8, 4) is 0 Å². The molecule has 0 bridgehead atoms. The van der Waals surface area contributed by atoms with E-state index in [0.29, 0.717) is 12.0 Å². The summed E-state index contributed by atoms with van der Waals surface area (Å²) >= 11 is 0. The summed E-state index contributed by atoms with van der Waals surface area (Å²) in [6.45, 7) is 6.43. The Kier molecular flexibility index (Phi) is 9.35. The van der Waals surface area contributed by atoms with Gasteiger partial charge in [-0.3, -0.25) is 24.0 Å². The molecule has 0 fully saturated rings. The van der Waals surface area contributed by atoms with Crippen molar-refractivity contribution in [1.82, 2.24) is 10.2 Å². The van der Waals surface area contributed by atoms with Crippen molar-refractivity contribution in [2.45, 2.75) is 52.7 Å². The maximum Gasteiger partial charge on any atom is 0.271 e. The summed E-state index contributed by atoms with van der Waals surface area (Å²) in [5.41, 5.74) is 0.952. The summed E-state index contributed by atoms with van der Waals surface area (Å²) in [4.78, 5) is 38.3. The number of nitrogens with one attached hydrogen (secondary N) is 1. The number of carbonyl (C=O) groups is 2. The molecule has 0 saturated carbocycles. The molecule has 0 aliphatic heterocycles. The Balaban J connectivity index is 2.45. The van der Waals surface area contributed by atoms with E-state index in [-0.39, 0.29) is 29.9 Å². The fourth-order valence-corrected chi connectivity index (χ4v) is 4.30. The lowest BCUT2D eigenvalue weighted by Crippen LogP contribution is -2.52. The molecular formula is C24H32N4O6S. The highest BCUT2D eigenvalue weighted by Crippen LogP contribution is 2.28. The summed E-state index contributed by atoms with van der Waals surface area (Å²) in [5.74, 6) is -0.974. The van der Waals surface area contributed by atoms with Crippen molar-refractivity contribution < 1.29 is 22.9 Å². The Hall–Kier alpha value is -3.47. The predicted molar refractivity (Wildman–Crippen MR) is 134 cm³/mol. The first kappa shape index (κ1) is 27.8. The smallest absolute Gasteiger partial charge is 0.271 e. The molecule has 0 radical (unpaired) electrons. The molecule has 0 saturated heterocycles. The van der Waals surface area contributed by atoms with Gasteiger partial charge < -0.3 is 10.2 Å². The quantitative estimate of drug-likeness (QED) is 0.370. The first-order valence-corrected chi connectivity index (χ1v) is 13.1. The number of nitro groups is 1. The fraction of sp³-hybridized carbons (Fsp3) is 0.417. The van der Waals surface area contributed by atoms with Gasteiger partial charge in [0, 0.05) is 24.7 Å². The van der Waals surface area contributed by atoms with Crippen LogP contribution in [0.2, 0.25) is 0 Å². The second kappa shape index (κ2) is 11.8. The highest BCUT2D eigenvalue weighted by atomic mass is 32.2. The minimum absolute atomic E-state index is 0.0337. The number of carbonyl (C=O) groups excluding carboxylic acids is 2. The molecule has 2 aromatic rings. The number of aryl methyl sites for hydroxylation is 1. The SMILES string of the molecule is CC[C@@H](C)NC(=O)[C@H](C)N(Cc1ccccc1)C(=O)CN(c1cc([N+](=O)[O-])ccc1C)S(C)(=O)=O. The molecule has 2 rings (SSSR count). The molecule has 35 heavy (non-hydrogen) atoms. The Labute approximate surface area is 206 Å². The van der Waals surface area contributed by atoms with Crippen LogP contribution in [0.3, 0.4) is 0 Å². The van der Waals surface area contributed by atoms with Crippen LogP contribution in [0.15, 0.2) is 48.5 Å². The van der Waals surface area contributed by atoms with Gasteiger partial charge in [-0.2, -0.15) is 0 Å². The molecule has 0 unspecified atom stereocenters. The van der Waals surface area contributed by atoms with E-state index in [0.717, 1.165) is 22.2 Å². The lowest BCUT2D eigenvalue weighted by Gasteiger charge is -2.32. The minimum atomic E-state index is -3.99. The molecule has 0 aliphatic rings. The number of hydrogen-bond acceptors (Lipinski definition) is 6. The summed E-state index contributed by atoms with van der Waals surface area (Å²) in [6, 6.07) is 11.9. The number of anilines is 1. The van der Waals surface area contributed by atoms with Crippen molar-refractivity contribution in [3.63, 3.8) is 0 Å². The van der Waals surface area contributed by atoms with E-state index in [1.807, 2.05) is 19.9 Å². The largest absolute Gasteiger partial charge is 0.352 e. The summed E-state index contributed by atoms with van der Waals surface area (Å²) in [7, 11) is -3.99. The molecule has 11 heteroatoms. The Morgan fingerprint density at radius 3 is 2.29 bits per heavy atom. The monoisotopic (exact) mass is 504 g/mol. The molecule has 2 amide bonds. The number of rotatable bonds is 11. The predicted octanol–water partition coefficient (Wildman–Crippen LogP) is 3.00. The zero-order chi connectivity index (χ0) is 26.3. The normalized spacial score (nSPS) is 12.9. The van der Waals surface area contributed by atoms with Crippen LogP contribution in [0, 0.1) is 17.0 Å². The van der Waals surface area contributed by atoms with E-state index in [9.17, 15) is 28.1 Å². The lowest BCUT2D eigenvalue weighted by molar-refractivity contribution is -0.384. The molecule has 0 spiro atoms. The second-order valence-electron chi connectivity index (χ2n) is 8.50. The van der Waals surface area contributed by atoms with Crippen LogP contribution >= 0.6 is 0 Å². The average molecular weight is 505 g/mol. The Morgan fingerprint density at radius 1 is 1.11 bits per heavy atom. The summed E-state index contributed by atoms with van der Waals surface area (Å²) in [5, 5.41) is 14.1. The standard InChI is InChI=1S/C24H32N4O6S/c1-6-18(3)25-24(30)19(4)26(15-20-10-8-7-9-11-20)23(29)16-27(35(5,33)34)22-14-21(28(31)32)13-12-17(22)2/h7-14,18-19H,6,15-16H2,1-5H3,(H,25,30)/t18-,19+/m1/s1. The average Bonchev–Trinajstić information content (AvgIpc) is 2.80. The van der Waals surface area contributed by atoms with Crippen molar-refractivity contribution in [1.29, 1.82) is 0 Å². The van der Waals surface area contributed by atoms with Gasteiger partial charge in [0.1, 0.15) is 12.6 Å². The zero-order valence-electron chi connectivity index (χ0n) is 20.6. The van der Waals surface area contributed by atoms with Crippen molar-refractivity contribution in [3.05, 3.63) is 69.8 Å². The highest BCUT2D eigenvalue weighted by Gasteiger charge is 2.31. The van der Waals surface area contributed by atoms with Gasteiger partial charge in [0.25, 0.3) is 5.69 Å². The molecule has 10 nitrogen and oxygen atoms in total. The Bertz CT molecular complexity index is 1170. The van der Waals surface area contributed by atoms with Gasteiger partial charge in [0.15, 0.2) is 0 Å². The van der Waals surface area contributed by atoms with Crippen LogP contribution < -0.4 is 9.62 Å². The molecule has 1 N–H and O–H groups in total. The van der Waals surface area contributed by atoms with Crippen LogP contribution in [-0.4, -0.2) is 54.9 Å². The maximum atomic E-state index is 13.5. The first-order valence-electron chi connectivity index (χ1n) is 11.2. The number of amides is 2. The minimum Gasteiger partial charge on any atom is -0.352 e. The highest BCUT2D eigenvalue weighted by molar-refractivity contribution is 7.92. The van der Waals surface area contributed by atoms with Crippen LogP contribution in [0.1, 0.15) is 38.3 Å². The van der Waals surface area contributed by atoms with Crippen molar-refractivity contribution >= 4 is 33.2 Å². The number of nitrogens with zero attached hydrogens (tertiary/aromatic N) is 3.